The van der Waals surface area contributed by atoms with Crippen molar-refractivity contribution in [2.75, 3.05) is 24.3 Å². The van der Waals surface area contributed by atoms with Crippen molar-refractivity contribution >= 4 is 23.3 Å². The minimum Gasteiger partial charge on any atom is -0.462 e. The van der Waals surface area contributed by atoms with Crippen molar-refractivity contribution in [2.45, 2.75) is 6.92 Å². The first-order valence-electron chi connectivity index (χ1n) is 6.27. The predicted octanol–water partition coefficient (Wildman–Crippen LogP) is 2.44. The first-order valence-corrected chi connectivity index (χ1v) is 6.27. The maximum absolute atomic E-state index is 11.9. The van der Waals surface area contributed by atoms with Crippen LogP contribution >= 0.6 is 0 Å². The lowest BCUT2D eigenvalue weighted by atomic mass is 10.2. The standard InChI is InChI=1S/C14H16N4O2/c1-3-20-14(19)10-6-4-5-7-11(10)18-13-8-12(15-2)16-9-17-13/h4-9H,3H2,1-2H3,(H2,15,16,17,18). The molecule has 0 saturated carbocycles. The molecule has 2 N–H and O–H groups in total. The average molecular weight is 272 g/mol. The third-order valence-corrected chi connectivity index (χ3v) is 2.61. The summed E-state index contributed by atoms with van der Waals surface area (Å²) in [6, 6.07) is 8.89. The molecule has 2 aromatic rings. The Morgan fingerprint density at radius 1 is 1.25 bits per heavy atom. The number of rotatable bonds is 5. The van der Waals surface area contributed by atoms with Crippen LogP contribution in [0.3, 0.4) is 0 Å². The molecule has 0 spiro atoms. The first-order chi connectivity index (χ1) is 9.74. The van der Waals surface area contributed by atoms with Gasteiger partial charge < -0.3 is 15.4 Å². The molecule has 6 heteroatoms. The van der Waals surface area contributed by atoms with Crippen LogP contribution in [-0.4, -0.2) is 29.6 Å². The molecule has 0 atom stereocenters. The Hall–Kier alpha value is -2.63. The van der Waals surface area contributed by atoms with Crippen LogP contribution in [0.5, 0.6) is 0 Å². The molecule has 0 aliphatic rings. The highest BCUT2D eigenvalue weighted by Gasteiger charge is 2.12. The van der Waals surface area contributed by atoms with Crippen molar-refractivity contribution in [3.05, 3.63) is 42.2 Å². The first kappa shape index (κ1) is 13.8. The molecule has 1 aromatic carbocycles. The van der Waals surface area contributed by atoms with Crippen LogP contribution in [-0.2, 0) is 4.74 Å². The van der Waals surface area contributed by atoms with Gasteiger partial charge in [-0.2, -0.15) is 0 Å². The Balaban J connectivity index is 2.26. The Kier molecular flexibility index (Phi) is 4.49. The van der Waals surface area contributed by atoms with E-state index >= 15 is 0 Å². The van der Waals surface area contributed by atoms with Crippen LogP contribution in [0.1, 0.15) is 17.3 Å². The van der Waals surface area contributed by atoms with Crippen molar-refractivity contribution in [1.82, 2.24) is 9.97 Å². The fourth-order valence-corrected chi connectivity index (χ4v) is 1.68. The molecule has 0 aliphatic heterocycles. The minimum atomic E-state index is -0.363. The third-order valence-electron chi connectivity index (χ3n) is 2.61. The summed E-state index contributed by atoms with van der Waals surface area (Å²) in [5.41, 5.74) is 1.12. The van der Waals surface area contributed by atoms with Gasteiger partial charge in [-0.1, -0.05) is 12.1 Å². The molecule has 1 aromatic heterocycles. The fourth-order valence-electron chi connectivity index (χ4n) is 1.68. The molecule has 0 bridgehead atoms. The molecular formula is C14H16N4O2. The molecule has 2 rings (SSSR count). The number of para-hydroxylation sites is 1. The Labute approximate surface area is 117 Å². The zero-order valence-corrected chi connectivity index (χ0v) is 11.4. The smallest absolute Gasteiger partial charge is 0.340 e. The van der Waals surface area contributed by atoms with Gasteiger partial charge in [-0.05, 0) is 19.1 Å². The van der Waals surface area contributed by atoms with Crippen molar-refractivity contribution in [3.8, 4) is 0 Å². The van der Waals surface area contributed by atoms with Crippen LogP contribution < -0.4 is 10.6 Å². The highest BCUT2D eigenvalue weighted by atomic mass is 16.5. The van der Waals surface area contributed by atoms with Gasteiger partial charge in [-0.3, -0.25) is 0 Å². The third kappa shape index (κ3) is 3.23. The van der Waals surface area contributed by atoms with Crippen molar-refractivity contribution in [1.29, 1.82) is 0 Å². The number of hydrogen-bond acceptors (Lipinski definition) is 6. The number of carbonyl (C=O) groups is 1. The molecule has 104 valence electrons. The van der Waals surface area contributed by atoms with Crippen LogP contribution in [0, 0.1) is 0 Å². The molecule has 1 heterocycles. The number of ether oxygens (including phenoxy) is 1. The lowest BCUT2D eigenvalue weighted by Crippen LogP contribution is -2.08. The van der Waals surface area contributed by atoms with E-state index in [1.807, 2.05) is 6.07 Å². The summed E-state index contributed by atoms with van der Waals surface area (Å²) in [5.74, 6) is 0.927. The number of esters is 1. The van der Waals surface area contributed by atoms with Crippen LogP contribution in [0.4, 0.5) is 17.3 Å². The van der Waals surface area contributed by atoms with Gasteiger partial charge in [0, 0.05) is 13.1 Å². The molecular weight excluding hydrogens is 256 g/mol. The van der Waals surface area contributed by atoms with Crippen LogP contribution in [0.15, 0.2) is 36.7 Å². The molecule has 0 unspecified atom stereocenters. The summed E-state index contributed by atoms with van der Waals surface area (Å²) in [6.45, 7) is 2.11. The van der Waals surface area contributed by atoms with E-state index in [0.29, 0.717) is 29.5 Å². The minimum absolute atomic E-state index is 0.338. The summed E-state index contributed by atoms with van der Waals surface area (Å²) < 4.78 is 5.03. The molecule has 0 radical (unpaired) electrons. The Morgan fingerprint density at radius 2 is 2.00 bits per heavy atom. The lowest BCUT2D eigenvalue weighted by Gasteiger charge is -2.11. The number of nitrogens with one attached hydrogen (secondary N) is 2. The fraction of sp³-hybridized carbons (Fsp3) is 0.214. The maximum Gasteiger partial charge on any atom is 0.340 e. The number of aromatic nitrogens is 2. The van der Waals surface area contributed by atoms with Crippen molar-refractivity contribution in [2.24, 2.45) is 0 Å². The van der Waals surface area contributed by atoms with E-state index in [0.717, 1.165) is 0 Å². The normalized spacial score (nSPS) is 9.90. The highest BCUT2D eigenvalue weighted by Crippen LogP contribution is 2.21. The van der Waals surface area contributed by atoms with E-state index in [4.69, 9.17) is 4.74 Å². The summed E-state index contributed by atoms with van der Waals surface area (Å²) in [4.78, 5) is 20.0. The quantitative estimate of drug-likeness (QED) is 0.814. The molecule has 0 fully saturated rings. The van der Waals surface area contributed by atoms with Crippen molar-refractivity contribution < 1.29 is 9.53 Å². The second-order valence-corrected chi connectivity index (χ2v) is 3.93. The number of carbonyl (C=O) groups excluding carboxylic acids is 1. The van der Waals surface area contributed by atoms with E-state index in [1.165, 1.54) is 6.33 Å². The SMILES string of the molecule is CCOC(=O)c1ccccc1Nc1cc(NC)ncn1. The molecule has 20 heavy (non-hydrogen) atoms. The number of hydrogen-bond donors (Lipinski definition) is 2. The monoisotopic (exact) mass is 272 g/mol. The van der Waals surface area contributed by atoms with Crippen molar-refractivity contribution in [3.63, 3.8) is 0 Å². The van der Waals surface area contributed by atoms with E-state index in [-0.39, 0.29) is 5.97 Å². The molecule has 0 saturated heterocycles. The van der Waals surface area contributed by atoms with E-state index in [9.17, 15) is 4.79 Å². The maximum atomic E-state index is 11.9. The number of nitrogens with zero attached hydrogens (tertiary/aromatic N) is 2. The largest absolute Gasteiger partial charge is 0.462 e. The second kappa shape index (κ2) is 6.51. The van der Waals surface area contributed by atoms with Gasteiger partial charge in [-0.25, -0.2) is 14.8 Å². The Morgan fingerprint density at radius 3 is 2.75 bits per heavy atom. The van der Waals surface area contributed by atoms with E-state index in [2.05, 4.69) is 20.6 Å². The summed E-state index contributed by atoms with van der Waals surface area (Å²) >= 11 is 0. The highest BCUT2D eigenvalue weighted by molar-refractivity contribution is 5.96. The summed E-state index contributed by atoms with van der Waals surface area (Å²) in [6.07, 6.45) is 1.45. The summed E-state index contributed by atoms with van der Waals surface area (Å²) in [5, 5.41) is 6.02. The van der Waals surface area contributed by atoms with Gasteiger partial charge in [0.25, 0.3) is 0 Å². The molecule has 0 amide bonds. The van der Waals surface area contributed by atoms with Gasteiger partial charge >= 0.3 is 5.97 Å². The van der Waals surface area contributed by atoms with Gasteiger partial charge in [0.05, 0.1) is 17.9 Å². The zero-order chi connectivity index (χ0) is 14.4. The van der Waals surface area contributed by atoms with Gasteiger partial charge in [0.2, 0.25) is 0 Å². The lowest BCUT2D eigenvalue weighted by molar-refractivity contribution is 0.0527. The van der Waals surface area contributed by atoms with Gasteiger partial charge in [0.15, 0.2) is 0 Å². The second-order valence-electron chi connectivity index (χ2n) is 3.93. The molecule has 6 nitrogen and oxygen atoms in total. The zero-order valence-electron chi connectivity index (χ0n) is 11.4. The van der Waals surface area contributed by atoms with E-state index < -0.39 is 0 Å². The van der Waals surface area contributed by atoms with Gasteiger partial charge in [0.1, 0.15) is 18.0 Å². The average Bonchev–Trinajstić information content (AvgIpc) is 2.48. The summed E-state index contributed by atoms with van der Waals surface area (Å²) in [7, 11) is 1.78. The number of benzene rings is 1. The topological polar surface area (TPSA) is 76.1 Å². The van der Waals surface area contributed by atoms with Crippen LogP contribution in [0.2, 0.25) is 0 Å². The van der Waals surface area contributed by atoms with Gasteiger partial charge in [-0.15, -0.1) is 0 Å². The van der Waals surface area contributed by atoms with E-state index in [1.54, 1.807) is 38.2 Å². The molecule has 0 aliphatic carbocycles. The van der Waals surface area contributed by atoms with Crippen LogP contribution in [0.25, 0.3) is 0 Å². The number of anilines is 3. The Bertz CT molecular complexity index is 601. The predicted molar refractivity (Wildman–Crippen MR) is 77.3 cm³/mol.